The smallest absolute Gasteiger partial charge is 0.265 e. The first-order valence-corrected chi connectivity index (χ1v) is 7.63. The fourth-order valence-electron chi connectivity index (χ4n) is 2.56. The molecule has 0 aromatic heterocycles. The Morgan fingerprint density at radius 2 is 2.08 bits per heavy atom. The molecule has 1 N–H and O–H groups in total. The Morgan fingerprint density at radius 1 is 1.29 bits per heavy atom. The van der Waals surface area contributed by atoms with Gasteiger partial charge in [-0.2, -0.15) is 0 Å². The number of nitrogens with one attached hydrogen (secondary N) is 1. The molecule has 6 heteroatoms. The number of ether oxygens (including phenoxy) is 1. The van der Waals surface area contributed by atoms with E-state index in [2.05, 4.69) is 5.32 Å². The van der Waals surface area contributed by atoms with Gasteiger partial charge in [-0.15, -0.1) is 0 Å². The molecular formula is C18H17FN2O3. The highest BCUT2D eigenvalue weighted by Crippen LogP contribution is 2.31. The largest absolute Gasteiger partial charge is 0.482 e. The minimum Gasteiger partial charge on any atom is -0.482 e. The summed E-state index contributed by atoms with van der Waals surface area (Å²) >= 11 is 0. The van der Waals surface area contributed by atoms with Crippen molar-refractivity contribution in [1.29, 1.82) is 0 Å². The van der Waals surface area contributed by atoms with E-state index in [0.29, 0.717) is 11.4 Å². The van der Waals surface area contributed by atoms with Crippen molar-refractivity contribution >= 4 is 23.2 Å². The molecule has 124 valence electrons. The molecule has 0 radical (unpaired) electrons. The van der Waals surface area contributed by atoms with E-state index in [-0.39, 0.29) is 37.1 Å². The Kier molecular flexibility index (Phi) is 4.46. The Balaban J connectivity index is 1.66. The first-order valence-electron chi connectivity index (χ1n) is 7.63. The second-order valence-corrected chi connectivity index (χ2v) is 5.58. The van der Waals surface area contributed by atoms with Gasteiger partial charge in [0.2, 0.25) is 5.91 Å². The van der Waals surface area contributed by atoms with E-state index in [0.717, 1.165) is 5.56 Å². The summed E-state index contributed by atoms with van der Waals surface area (Å²) in [6.07, 6.45) is 0.0630. The maximum absolute atomic E-state index is 13.7. The number of para-hydroxylation sites is 2. The van der Waals surface area contributed by atoms with Gasteiger partial charge in [-0.25, -0.2) is 4.39 Å². The summed E-state index contributed by atoms with van der Waals surface area (Å²) in [7, 11) is 0. The number of benzene rings is 2. The van der Waals surface area contributed by atoms with Gasteiger partial charge in [-0.05, 0) is 36.8 Å². The zero-order valence-corrected chi connectivity index (χ0v) is 13.2. The van der Waals surface area contributed by atoms with Crippen LogP contribution in [0.2, 0.25) is 0 Å². The number of aryl methyl sites for hydroxylation is 1. The van der Waals surface area contributed by atoms with Crippen LogP contribution in [-0.2, 0) is 9.59 Å². The summed E-state index contributed by atoms with van der Waals surface area (Å²) in [4.78, 5) is 25.6. The number of carbonyl (C=O) groups excluding carboxylic acids is 2. The van der Waals surface area contributed by atoms with E-state index < -0.39 is 5.82 Å². The number of hydrogen-bond donors (Lipinski definition) is 1. The van der Waals surface area contributed by atoms with Crippen molar-refractivity contribution in [2.24, 2.45) is 0 Å². The molecule has 0 bridgehead atoms. The van der Waals surface area contributed by atoms with Crippen LogP contribution in [0.3, 0.4) is 0 Å². The van der Waals surface area contributed by atoms with Crippen LogP contribution < -0.4 is 15.0 Å². The Bertz CT molecular complexity index is 792. The summed E-state index contributed by atoms with van der Waals surface area (Å²) in [5.41, 5.74) is 1.64. The molecule has 1 aliphatic heterocycles. The maximum Gasteiger partial charge on any atom is 0.265 e. The molecule has 3 rings (SSSR count). The normalized spacial score (nSPS) is 13.2. The lowest BCUT2D eigenvalue weighted by atomic mass is 10.2. The van der Waals surface area contributed by atoms with Crippen molar-refractivity contribution < 1.29 is 18.7 Å². The topological polar surface area (TPSA) is 58.6 Å². The average molecular weight is 328 g/mol. The van der Waals surface area contributed by atoms with E-state index in [4.69, 9.17) is 4.74 Å². The summed E-state index contributed by atoms with van der Waals surface area (Å²) in [6.45, 7) is 1.97. The number of anilines is 2. The van der Waals surface area contributed by atoms with Crippen LogP contribution in [0.1, 0.15) is 12.0 Å². The molecule has 1 heterocycles. The third kappa shape index (κ3) is 3.37. The van der Waals surface area contributed by atoms with Crippen LogP contribution in [0.4, 0.5) is 15.8 Å². The van der Waals surface area contributed by atoms with Gasteiger partial charge >= 0.3 is 0 Å². The van der Waals surface area contributed by atoms with Crippen LogP contribution in [0, 0.1) is 12.7 Å². The van der Waals surface area contributed by atoms with Gasteiger partial charge in [0.15, 0.2) is 6.61 Å². The van der Waals surface area contributed by atoms with Crippen molar-refractivity contribution in [3.05, 3.63) is 53.8 Å². The number of carbonyl (C=O) groups is 2. The number of hydrogen-bond acceptors (Lipinski definition) is 3. The SMILES string of the molecule is Cc1ccc(F)c(NC(=O)CCN2C(=O)COc3ccccc32)c1. The van der Waals surface area contributed by atoms with Gasteiger partial charge in [0, 0.05) is 13.0 Å². The summed E-state index contributed by atoms with van der Waals surface area (Å²) < 4.78 is 19.0. The molecular weight excluding hydrogens is 311 g/mol. The number of amides is 2. The molecule has 2 aromatic rings. The number of nitrogens with zero attached hydrogens (tertiary/aromatic N) is 1. The van der Waals surface area contributed by atoms with Gasteiger partial charge in [-0.3, -0.25) is 9.59 Å². The monoisotopic (exact) mass is 328 g/mol. The zero-order chi connectivity index (χ0) is 17.1. The lowest BCUT2D eigenvalue weighted by Crippen LogP contribution is -2.40. The Hall–Kier alpha value is -2.89. The molecule has 0 spiro atoms. The van der Waals surface area contributed by atoms with E-state index in [1.54, 1.807) is 30.3 Å². The molecule has 2 amide bonds. The van der Waals surface area contributed by atoms with E-state index in [1.165, 1.54) is 11.0 Å². The summed E-state index contributed by atoms with van der Waals surface area (Å²) in [6, 6.07) is 11.7. The number of fused-ring (bicyclic) bond motifs is 1. The van der Waals surface area contributed by atoms with E-state index >= 15 is 0 Å². The summed E-state index contributed by atoms with van der Waals surface area (Å²) in [5, 5.41) is 2.55. The number of rotatable bonds is 4. The third-order valence-electron chi connectivity index (χ3n) is 3.77. The molecule has 24 heavy (non-hydrogen) atoms. The molecule has 0 saturated heterocycles. The van der Waals surface area contributed by atoms with Crippen LogP contribution in [-0.4, -0.2) is 25.0 Å². The highest BCUT2D eigenvalue weighted by Gasteiger charge is 2.25. The van der Waals surface area contributed by atoms with Crippen LogP contribution in [0.25, 0.3) is 0 Å². The fourth-order valence-corrected chi connectivity index (χ4v) is 2.56. The first kappa shape index (κ1) is 16.0. The van der Waals surface area contributed by atoms with Crippen molar-refractivity contribution in [1.82, 2.24) is 0 Å². The van der Waals surface area contributed by atoms with Gasteiger partial charge in [-0.1, -0.05) is 18.2 Å². The zero-order valence-electron chi connectivity index (χ0n) is 13.2. The molecule has 5 nitrogen and oxygen atoms in total. The minimum absolute atomic E-state index is 0.0505. The quantitative estimate of drug-likeness (QED) is 0.939. The average Bonchev–Trinajstić information content (AvgIpc) is 2.57. The van der Waals surface area contributed by atoms with Crippen molar-refractivity contribution in [2.45, 2.75) is 13.3 Å². The van der Waals surface area contributed by atoms with Crippen molar-refractivity contribution in [2.75, 3.05) is 23.4 Å². The highest BCUT2D eigenvalue weighted by molar-refractivity contribution is 5.99. The lowest BCUT2D eigenvalue weighted by Gasteiger charge is -2.29. The fraction of sp³-hybridized carbons (Fsp3) is 0.222. The van der Waals surface area contributed by atoms with Gasteiger partial charge in [0.1, 0.15) is 11.6 Å². The standard InChI is InChI=1S/C18H17FN2O3/c1-12-6-7-13(19)14(10-12)20-17(22)8-9-21-15-4-2-3-5-16(15)24-11-18(21)23/h2-7,10H,8-9,11H2,1H3,(H,20,22). The highest BCUT2D eigenvalue weighted by atomic mass is 19.1. The predicted octanol–water partition coefficient (Wildman–Crippen LogP) is 2.89. The van der Waals surface area contributed by atoms with Gasteiger partial charge in [0.25, 0.3) is 5.91 Å². The minimum atomic E-state index is -0.484. The molecule has 1 aliphatic rings. The first-order chi connectivity index (χ1) is 11.5. The predicted molar refractivity (Wildman–Crippen MR) is 88.7 cm³/mol. The van der Waals surface area contributed by atoms with Crippen molar-refractivity contribution in [3.63, 3.8) is 0 Å². The van der Waals surface area contributed by atoms with Crippen LogP contribution in [0.15, 0.2) is 42.5 Å². The Morgan fingerprint density at radius 3 is 2.92 bits per heavy atom. The molecule has 0 atom stereocenters. The van der Waals surface area contributed by atoms with Gasteiger partial charge < -0.3 is 15.0 Å². The molecule has 0 unspecified atom stereocenters. The second kappa shape index (κ2) is 6.70. The molecule has 0 aliphatic carbocycles. The van der Waals surface area contributed by atoms with Crippen molar-refractivity contribution in [3.8, 4) is 5.75 Å². The molecule has 2 aromatic carbocycles. The molecule has 0 saturated carbocycles. The van der Waals surface area contributed by atoms with Crippen LogP contribution >= 0.6 is 0 Å². The summed E-state index contributed by atoms with van der Waals surface area (Å²) in [5.74, 6) is -0.427. The maximum atomic E-state index is 13.7. The van der Waals surface area contributed by atoms with Gasteiger partial charge in [0.05, 0.1) is 11.4 Å². The Labute approximate surface area is 139 Å². The second-order valence-electron chi connectivity index (χ2n) is 5.58. The molecule has 0 fully saturated rings. The lowest BCUT2D eigenvalue weighted by molar-refractivity contribution is -0.121. The third-order valence-corrected chi connectivity index (χ3v) is 3.77. The van der Waals surface area contributed by atoms with E-state index in [9.17, 15) is 14.0 Å². The van der Waals surface area contributed by atoms with E-state index in [1.807, 2.05) is 13.0 Å². The number of halogens is 1. The van der Waals surface area contributed by atoms with Crippen LogP contribution in [0.5, 0.6) is 5.75 Å².